The van der Waals surface area contributed by atoms with Gasteiger partial charge in [0.25, 0.3) is 5.24 Å². The van der Waals surface area contributed by atoms with Crippen LogP contribution in [0.25, 0.3) is 0 Å². The topological polar surface area (TPSA) is 29.1 Å². The van der Waals surface area contributed by atoms with Crippen molar-refractivity contribution in [3.05, 3.63) is 24.3 Å². The van der Waals surface area contributed by atoms with Crippen LogP contribution in [0.5, 0.6) is 0 Å². The second kappa shape index (κ2) is 3.69. The fourth-order valence-corrected chi connectivity index (χ4v) is 0.946. The third kappa shape index (κ3) is 2.86. The molecule has 0 aliphatic rings. The van der Waals surface area contributed by atoms with E-state index in [0.29, 0.717) is 0 Å². The lowest BCUT2D eigenvalue weighted by Gasteiger charge is -1.99. The van der Waals surface area contributed by atoms with Crippen molar-refractivity contribution in [3.63, 3.8) is 0 Å². The molecule has 1 rings (SSSR count). The van der Waals surface area contributed by atoms with E-state index in [9.17, 15) is 4.79 Å². The van der Waals surface area contributed by atoms with Crippen LogP contribution in [0.1, 0.15) is 0 Å². The van der Waals surface area contributed by atoms with E-state index in [1.54, 1.807) is 24.3 Å². The van der Waals surface area contributed by atoms with E-state index >= 15 is 0 Å². The summed E-state index contributed by atoms with van der Waals surface area (Å²) in [7, 11) is 0. The molecule has 0 aromatic heterocycles. The minimum Gasteiger partial charge on any atom is -0.317 e. The highest BCUT2D eigenvalue weighted by Gasteiger charge is 1.93. The first-order chi connectivity index (χ1) is 5.18. The number of anilines is 1. The molecule has 0 atom stereocenters. The maximum absolute atomic E-state index is 10.4. The molecule has 0 radical (unpaired) electrons. The molecule has 0 unspecified atom stereocenters. The Bertz CT molecular complexity index is 258. The van der Waals surface area contributed by atoms with E-state index in [2.05, 4.69) is 30.6 Å². The first-order valence-electron chi connectivity index (χ1n) is 2.97. The van der Waals surface area contributed by atoms with Crippen LogP contribution < -0.4 is 5.32 Å². The van der Waals surface area contributed by atoms with Crippen molar-refractivity contribution < 1.29 is 4.79 Å². The predicted octanol–water partition coefficient (Wildman–Crippen LogP) is 2.44. The van der Waals surface area contributed by atoms with Crippen LogP contribution in [-0.4, -0.2) is 5.24 Å². The fourth-order valence-electron chi connectivity index (χ4n) is 0.668. The summed E-state index contributed by atoms with van der Waals surface area (Å²) in [4.78, 5) is 11.3. The number of amides is 1. The lowest BCUT2D eigenvalue weighted by Crippen LogP contribution is -2.00. The summed E-state index contributed by atoms with van der Waals surface area (Å²) in [5, 5.41) is 2.16. The summed E-state index contributed by atoms with van der Waals surface area (Å²) in [6.07, 6.45) is 0. The first kappa shape index (κ1) is 8.49. The Kier molecular flexibility index (Phi) is 2.84. The standard InChI is InChI=1S/C7H7NOS2/c9-7(11)8-5-1-3-6(10)4-2-5/h1-4,10H,(H2,8,9,11). The highest BCUT2D eigenvalue weighted by atomic mass is 32.1. The Morgan fingerprint density at radius 3 is 2.27 bits per heavy atom. The van der Waals surface area contributed by atoms with E-state index in [-0.39, 0.29) is 5.24 Å². The maximum Gasteiger partial charge on any atom is 0.280 e. The molecule has 1 aromatic rings. The number of thiol groups is 2. The average molecular weight is 185 g/mol. The zero-order valence-electron chi connectivity index (χ0n) is 5.61. The molecule has 1 N–H and O–H groups in total. The number of hydrogen-bond acceptors (Lipinski definition) is 2. The van der Waals surface area contributed by atoms with Gasteiger partial charge in [-0.3, -0.25) is 4.79 Å². The van der Waals surface area contributed by atoms with Crippen molar-refractivity contribution in [2.24, 2.45) is 0 Å². The molecule has 11 heavy (non-hydrogen) atoms. The number of carbonyl (C=O) groups is 1. The molecule has 0 saturated heterocycles. The third-order valence-electron chi connectivity index (χ3n) is 1.12. The zero-order valence-corrected chi connectivity index (χ0v) is 7.40. The van der Waals surface area contributed by atoms with Crippen molar-refractivity contribution in [1.29, 1.82) is 0 Å². The molecular weight excluding hydrogens is 178 g/mol. The van der Waals surface area contributed by atoms with Crippen LogP contribution in [0.3, 0.4) is 0 Å². The molecule has 4 heteroatoms. The van der Waals surface area contributed by atoms with E-state index < -0.39 is 0 Å². The second-order valence-electron chi connectivity index (χ2n) is 1.98. The smallest absolute Gasteiger partial charge is 0.280 e. The molecule has 0 aliphatic carbocycles. The van der Waals surface area contributed by atoms with Crippen molar-refractivity contribution in [2.75, 3.05) is 5.32 Å². The van der Waals surface area contributed by atoms with Crippen molar-refractivity contribution in [3.8, 4) is 0 Å². The summed E-state index contributed by atoms with van der Waals surface area (Å²) in [5.74, 6) is 0. The van der Waals surface area contributed by atoms with Gasteiger partial charge in [-0.25, -0.2) is 0 Å². The van der Waals surface area contributed by atoms with Gasteiger partial charge in [0.05, 0.1) is 0 Å². The minimum atomic E-state index is -0.364. The van der Waals surface area contributed by atoms with Gasteiger partial charge in [0.2, 0.25) is 0 Å². The van der Waals surface area contributed by atoms with Crippen molar-refractivity contribution in [2.45, 2.75) is 4.90 Å². The number of nitrogens with one attached hydrogen (secondary N) is 1. The van der Waals surface area contributed by atoms with E-state index in [4.69, 9.17) is 0 Å². The third-order valence-corrected chi connectivity index (χ3v) is 1.53. The summed E-state index contributed by atoms with van der Waals surface area (Å²) < 4.78 is 0. The number of rotatable bonds is 1. The molecule has 0 bridgehead atoms. The summed E-state index contributed by atoms with van der Waals surface area (Å²) in [5.41, 5.74) is 0.725. The van der Waals surface area contributed by atoms with Crippen LogP contribution in [-0.2, 0) is 0 Å². The lowest BCUT2D eigenvalue weighted by molar-refractivity contribution is 0.270. The van der Waals surface area contributed by atoms with Gasteiger partial charge < -0.3 is 5.32 Å². The van der Waals surface area contributed by atoms with Gasteiger partial charge in [-0.2, -0.15) is 0 Å². The summed E-state index contributed by atoms with van der Waals surface area (Å²) in [6.45, 7) is 0. The highest BCUT2D eigenvalue weighted by molar-refractivity contribution is 7.96. The maximum atomic E-state index is 10.4. The normalized spacial score (nSPS) is 9.27. The molecule has 0 spiro atoms. The average Bonchev–Trinajstić information content (AvgIpc) is 1.93. The molecule has 0 heterocycles. The van der Waals surface area contributed by atoms with Crippen LogP contribution in [0.4, 0.5) is 10.5 Å². The van der Waals surface area contributed by atoms with Gasteiger partial charge in [0, 0.05) is 10.6 Å². The fraction of sp³-hybridized carbons (Fsp3) is 0. The van der Waals surface area contributed by atoms with Crippen molar-refractivity contribution in [1.82, 2.24) is 0 Å². The first-order valence-corrected chi connectivity index (χ1v) is 3.87. The second-order valence-corrected chi connectivity index (χ2v) is 2.90. The number of carbonyl (C=O) groups excluding carboxylic acids is 1. The molecule has 2 nitrogen and oxygen atoms in total. The Balaban J connectivity index is 2.74. The SMILES string of the molecule is O=C(S)Nc1ccc(S)cc1. The highest BCUT2D eigenvalue weighted by Crippen LogP contribution is 2.12. The molecular formula is C7H7NOS2. The van der Waals surface area contributed by atoms with Gasteiger partial charge >= 0.3 is 0 Å². The Morgan fingerprint density at radius 2 is 1.82 bits per heavy atom. The number of hydrogen-bond donors (Lipinski definition) is 3. The lowest BCUT2D eigenvalue weighted by atomic mass is 10.3. The molecule has 1 aromatic carbocycles. The van der Waals surface area contributed by atoms with Gasteiger partial charge in [-0.1, -0.05) is 12.6 Å². The number of benzene rings is 1. The Hall–Kier alpha value is -0.610. The van der Waals surface area contributed by atoms with E-state index in [0.717, 1.165) is 10.6 Å². The molecule has 0 fully saturated rings. The van der Waals surface area contributed by atoms with Gasteiger partial charge in [-0.05, 0) is 24.3 Å². The van der Waals surface area contributed by atoms with Crippen LogP contribution in [0.15, 0.2) is 29.2 Å². The van der Waals surface area contributed by atoms with E-state index in [1.807, 2.05) is 0 Å². The summed E-state index contributed by atoms with van der Waals surface area (Å²) in [6, 6.07) is 7.11. The van der Waals surface area contributed by atoms with Gasteiger partial charge in [-0.15, -0.1) is 12.6 Å². The Labute approximate surface area is 75.8 Å². The largest absolute Gasteiger partial charge is 0.317 e. The van der Waals surface area contributed by atoms with Crippen molar-refractivity contribution >= 4 is 36.2 Å². The monoisotopic (exact) mass is 185 g/mol. The van der Waals surface area contributed by atoms with E-state index in [1.165, 1.54) is 0 Å². The molecule has 0 aliphatic heterocycles. The Morgan fingerprint density at radius 1 is 1.27 bits per heavy atom. The van der Waals surface area contributed by atoms with Crippen LogP contribution in [0.2, 0.25) is 0 Å². The van der Waals surface area contributed by atoms with Crippen LogP contribution >= 0.6 is 25.3 Å². The minimum absolute atomic E-state index is 0.364. The zero-order chi connectivity index (χ0) is 8.27. The van der Waals surface area contributed by atoms with Gasteiger partial charge in [0.1, 0.15) is 0 Å². The quantitative estimate of drug-likeness (QED) is 0.576. The molecule has 58 valence electrons. The molecule has 1 amide bonds. The van der Waals surface area contributed by atoms with Crippen LogP contribution in [0, 0.1) is 0 Å². The predicted molar refractivity (Wildman–Crippen MR) is 51.7 cm³/mol. The van der Waals surface area contributed by atoms with Gasteiger partial charge in [0.15, 0.2) is 0 Å². The molecule has 0 saturated carbocycles. The summed E-state index contributed by atoms with van der Waals surface area (Å²) >= 11 is 7.66.